The quantitative estimate of drug-likeness (QED) is 0.122. The van der Waals surface area contributed by atoms with Crippen molar-refractivity contribution in [3.8, 4) is 0 Å². The molecule has 2 saturated heterocycles. The number of anilines is 2. The van der Waals surface area contributed by atoms with Crippen LogP contribution in [0.25, 0.3) is 11.2 Å². The molecule has 0 amide bonds. The summed E-state index contributed by atoms with van der Waals surface area (Å²) in [4.78, 5) is 54.1. The Balaban J connectivity index is 0.00000353. The van der Waals surface area contributed by atoms with Crippen molar-refractivity contribution in [1.82, 2.24) is 34.1 Å². The number of phosphoric acid groups is 1. The Kier molecular flexibility index (Phi) is 8.89. The van der Waals surface area contributed by atoms with Gasteiger partial charge in [-0.3, -0.25) is 23.5 Å². The number of phosphoric ester groups is 1. The van der Waals surface area contributed by atoms with Crippen molar-refractivity contribution in [3.05, 3.63) is 33.5 Å². The van der Waals surface area contributed by atoms with Gasteiger partial charge in [-0.05, 0) is 0 Å². The van der Waals surface area contributed by atoms with Crippen molar-refractivity contribution in [2.75, 3.05) is 24.7 Å². The third kappa shape index (κ3) is 6.23. The number of nitrogen functional groups attached to an aromatic ring is 2. The second kappa shape index (κ2) is 11.7. The van der Waals surface area contributed by atoms with Gasteiger partial charge in [0.15, 0.2) is 11.2 Å². The third-order valence-electron chi connectivity index (χ3n) is 6.04. The summed E-state index contributed by atoms with van der Waals surface area (Å²) < 4.78 is 36.2. The van der Waals surface area contributed by atoms with Crippen LogP contribution in [0, 0.1) is 0 Å². The monoisotopic (exact) mass is 579 g/mol. The van der Waals surface area contributed by atoms with Crippen molar-refractivity contribution in [1.29, 1.82) is 0 Å². The van der Waals surface area contributed by atoms with Crippen LogP contribution in [0.3, 0.4) is 0 Å². The number of hydrogen-bond acceptors (Lipinski definition) is 16. The van der Waals surface area contributed by atoms with Crippen LogP contribution in [0.2, 0.25) is 0 Å². The molecule has 0 aromatic carbocycles. The average molecular weight is 579 g/mol. The number of rotatable bonds is 8. The second-order valence-electron chi connectivity index (χ2n) is 8.55. The van der Waals surface area contributed by atoms with Crippen molar-refractivity contribution >= 4 is 30.9 Å². The van der Waals surface area contributed by atoms with E-state index >= 15 is 0 Å². The molecule has 7 atom stereocenters. The van der Waals surface area contributed by atoms with E-state index < -0.39 is 69.2 Å². The zero-order chi connectivity index (χ0) is 27.2. The van der Waals surface area contributed by atoms with Crippen LogP contribution in [0.4, 0.5) is 11.9 Å². The minimum absolute atomic E-state index is 0. The summed E-state index contributed by atoms with van der Waals surface area (Å²) in [6.45, 7) is -1.22. The zero-order valence-corrected chi connectivity index (χ0v) is 23.3. The van der Waals surface area contributed by atoms with Gasteiger partial charge in [0.05, 0.1) is 31.7 Å². The number of aromatic nitrogens is 7. The zero-order valence-electron chi connectivity index (χ0n) is 20.4. The summed E-state index contributed by atoms with van der Waals surface area (Å²) in [7, 11) is -5.01. The molecular weight excluding hydrogens is 556 g/mol. The van der Waals surface area contributed by atoms with E-state index in [2.05, 4.69) is 24.9 Å². The Morgan fingerprint density at radius 1 is 1.13 bits per heavy atom. The molecule has 5 heterocycles. The number of nitrogens with two attached hydrogens (primary N) is 2. The molecule has 0 aliphatic carbocycles. The van der Waals surface area contributed by atoms with Gasteiger partial charge in [0.1, 0.15) is 31.0 Å². The number of aromatic amines is 1. The van der Waals surface area contributed by atoms with Gasteiger partial charge in [0.25, 0.3) is 13.4 Å². The summed E-state index contributed by atoms with van der Waals surface area (Å²) >= 11 is 0. The van der Waals surface area contributed by atoms with Crippen molar-refractivity contribution in [3.63, 3.8) is 0 Å². The Morgan fingerprint density at radius 2 is 1.82 bits per heavy atom. The summed E-state index contributed by atoms with van der Waals surface area (Å²) in [6.07, 6.45) is -4.16. The second-order valence-corrected chi connectivity index (χ2v) is 9.91. The van der Waals surface area contributed by atoms with E-state index in [9.17, 15) is 29.3 Å². The van der Waals surface area contributed by atoms with Crippen molar-refractivity contribution in [2.24, 2.45) is 0 Å². The molecule has 7 N–H and O–H groups in total. The molecule has 19 nitrogen and oxygen atoms in total. The van der Waals surface area contributed by atoms with Crippen LogP contribution in [0.15, 0.2) is 22.2 Å². The Hall–Kier alpha value is -2.29. The third-order valence-corrected chi connectivity index (χ3v) is 7.04. The minimum Gasteiger partial charge on any atom is -0.756 e. The predicted molar refractivity (Wildman–Crippen MR) is 122 cm³/mol. The summed E-state index contributed by atoms with van der Waals surface area (Å²) in [6, 6.07) is 0. The molecule has 3 aromatic heterocycles. The molecule has 1 unspecified atom stereocenters. The average Bonchev–Trinajstić information content (AvgIpc) is 3.54. The van der Waals surface area contributed by atoms with Gasteiger partial charge in [-0.15, -0.1) is 0 Å². The van der Waals surface area contributed by atoms with Gasteiger partial charge in [-0.1, -0.05) is 0 Å². The van der Waals surface area contributed by atoms with Gasteiger partial charge in [0.2, 0.25) is 11.9 Å². The number of aliphatic hydroxyl groups is 2. The van der Waals surface area contributed by atoms with E-state index in [1.54, 1.807) is 0 Å². The first kappa shape index (κ1) is 29.7. The fourth-order valence-electron chi connectivity index (χ4n) is 4.25. The van der Waals surface area contributed by atoms with E-state index in [0.717, 1.165) is 10.9 Å². The summed E-state index contributed by atoms with van der Waals surface area (Å²) in [5.74, 6) is -0.387. The number of nitrogens with one attached hydrogen (secondary N) is 1. The minimum atomic E-state index is -5.01. The van der Waals surface area contributed by atoms with Crippen LogP contribution in [0.5, 0.6) is 0 Å². The molecule has 21 heteroatoms. The van der Waals surface area contributed by atoms with Crippen LogP contribution in [-0.4, -0.2) is 81.9 Å². The summed E-state index contributed by atoms with van der Waals surface area (Å²) in [5.41, 5.74) is 9.76. The SMILES string of the molecule is Nc1ncn([C@H]2C[C@@H](OP(=O)([O-])OC[C@H]3O[C@@H](n4cnc5c(=O)[nH]c(N)nc54)C[C@H]3O)[C@@H](CO)O2)c(=O)n1.[Na+]. The standard InChI is InChI=1S/C18H24N9O10P.Na/c19-16-22-6-27(18(31)25-16)12-2-8(9(3-28)35-12)37-38(32,33)34-4-10-7(29)1-11(36-10)26-5-21-13-14(26)23-17(20)24-15(13)30;/h5-12,28-29H,1-4H2,(H,32,33)(H2,19,25,31)(H3,20,23,24,30);/q;+1/p-1/t7-,8-,9-,10-,11-,12-;/m1./s1. The maximum atomic E-state index is 12.5. The number of fused-ring (bicyclic) bond motifs is 1. The maximum Gasteiger partial charge on any atom is 1.00 e. The maximum absolute atomic E-state index is 12.5. The Bertz CT molecular complexity index is 1500. The van der Waals surface area contributed by atoms with Crippen LogP contribution >= 0.6 is 7.82 Å². The van der Waals surface area contributed by atoms with Gasteiger partial charge >= 0.3 is 35.2 Å². The molecule has 2 fully saturated rings. The molecule has 206 valence electrons. The number of H-pyrrole nitrogens is 1. The predicted octanol–water partition coefficient (Wildman–Crippen LogP) is -6.26. The van der Waals surface area contributed by atoms with Crippen molar-refractivity contribution in [2.45, 2.75) is 49.7 Å². The van der Waals surface area contributed by atoms with Gasteiger partial charge in [0, 0.05) is 12.8 Å². The fraction of sp³-hybridized carbons (Fsp3) is 0.556. The molecule has 5 rings (SSSR count). The van der Waals surface area contributed by atoms with Gasteiger partial charge in [-0.2, -0.15) is 9.97 Å². The smallest absolute Gasteiger partial charge is 0.756 e. The number of nitrogens with zero attached hydrogens (tertiary/aromatic N) is 6. The first-order chi connectivity index (χ1) is 18.0. The topological polar surface area (TPSA) is 281 Å². The van der Waals surface area contributed by atoms with Crippen molar-refractivity contribution < 1.29 is 67.8 Å². The molecule has 0 bridgehead atoms. The molecule has 2 aliphatic heterocycles. The van der Waals surface area contributed by atoms with E-state index in [4.69, 9.17) is 30.0 Å². The fourth-order valence-corrected chi connectivity index (χ4v) is 5.19. The molecule has 2 aliphatic rings. The Morgan fingerprint density at radius 3 is 2.54 bits per heavy atom. The number of aliphatic hydroxyl groups excluding tert-OH is 2. The first-order valence-electron chi connectivity index (χ1n) is 11.2. The molecule has 3 aromatic rings. The van der Waals surface area contributed by atoms with E-state index in [0.29, 0.717) is 0 Å². The Labute approximate surface area is 240 Å². The van der Waals surface area contributed by atoms with Gasteiger partial charge in [-0.25, -0.2) is 14.8 Å². The number of imidazole rings is 1. The molecule has 39 heavy (non-hydrogen) atoms. The molecule has 0 spiro atoms. The first-order valence-corrected chi connectivity index (χ1v) is 12.7. The van der Waals surface area contributed by atoms with Crippen LogP contribution in [-0.2, 0) is 23.1 Å². The molecule has 0 radical (unpaired) electrons. The molecular formula is C18H23N9NaO10P. The number of ether oxygens (including phenoxy) is 2. The molecule has 0 saturated carbocycles. The largest absolute Gasteiger partial charge is 1.00 e. The summed E-state index contributed by atoms with van der Waals surface area (Å²) in [5, 5.41) is 20.0. The van der Waals surface area contributed by atoms with E-state index in [1.165, 1.54) is 10.9 Å². The normalized spacial score (nSPS) is 28.4. The van der Waals surface area contributed by atoms with Crippen LogP contribution in [0.1, 0.15) is 25.3 Å². The van der Waals surface area contributed by atoms with Crippen LogP contribution < -0.4 is 57.2 Å². The van der Waals surface area contributed by atoms with E-state index in [-0.39, 0.29) is 65.5 Å². The van der Waals surface area contributed by atoms with E-state index in [1.807, 2.05) is 0 Å². The van der Waals surface area contributed by atoms with Gasteiger partial charge < -0.3 is 45.1 Å². The number of hydrogen-bond donors (Lipinski definition) is 5.